The van der Waals surface area contributed by atoms with Crippen molar-refractivity contribution in [1.29, 1.82) is 0 Å². The van der Waals surface area contributed by atoms with Gasteiger partial charge in [0.1, 0.15) is 0 Å². The third kappa shape index (κ3) is 2.59. The third-order valence-corrected chi connectivity index (χ3v) is 6.60. The highest BCUT2D eigenvalue weighted by atomic mass is 16.6. The van der Waals surface area contributed by atoms with Gasteiger partial charge in [-0.2, -0.15) is 0 Å². The number of amides is 2. The number of hydrogen-bond acceptors (Lipinski definition) is 6. The molecule has 1 saturated heterocycles. The summed E-state index contributed by atoms with van der Waals surface area (Å²) >= 11 is 0. The molecular formula is C26H15NO6. The lowest BCUT2D eigenvalue weighted by Crippen LogP contribution is -2.31. The van der Waals surface area contributed by atoms with Crippen molar-refractivity contribution in [2.45, 2.75) is 6.54 Å². The van der Waals surface area contributed by atoms with E-state index < -0.39 is 35.6 Å². The zero-order valence-electron chi connectivity index (χ0n) is 17.2. The van der Waals surface area contributed by atoms with E-state index in [2.05, 4.69) is 11.3 Å². The second-order valence-electron chi connectivity index (χ2n) is 8.40. The fraction of sp³-hybridized carbons (Fsp3) is 0.115. The van der Waals surface area contributed by atoms with Crippen LogP contribution in [-0.2, 0) is 20.9 Å². The van der Waals surface area contributed by atoms with E-state index in [-0.39, 0.29) is 40.2 Å². The molecule has 0 bridgehead atoms. The maximum atomic E-state index is 13.4. The minimum absolute atomic E-state index is 0.0762. The highest BCUT2D eigenvalue weighted by Crippen LogP contribution is 2.46. The van der Waals surface area contributed by atoms with Crippen LogP contribution in [0.4, 0.5) is 0 Å². The highest BCUT2D eigenvalue weighted by molar-refractivity contribution is 6.24. The Bertz CT molecular complexity index is 1340. The third-order valence-electron chi connectivity index (χ3n) is 6.60. The molecule has 0 aromatic heterocycles. The van der Waals surface area contributed by atoms with Crippen molar-refractivity contribution in [1.82, 2.24) is 4.90 Å². The zero-order chi connectivity index (χ0) is 23.0. The van der Waals surface area contributed by atoms with Crippen LogP contribution in [-0.4, -0.2) is 34.4 Å². The first-order chi connectivity index (χ1) is 15.8. The Morgan fingerprint density at radius 1 is 0.758 bits per heavy atom. The fourth-order valence-corrected chi connectivity index (χ4v) is 4.93. The van der Waals surface area contributed by atoms with Gasteiger partial charge in [0, 0.05) is 11.5 Å². The van der Waals surface area contributed by atoms with Crippen LogP contribution in [0.15, 0.2) is 72.3 Å². The van der Waals surface area contributed by atoms with Gasteiger partial charge in [-0.1, -0.05) is 49.1 Å². The minimum Gasteiger partial charge on any atom is -0.386 e. The van der Waals surface area contributed by atoms with Gasteiger partial charge >= 0.3 is 11.9 Å². The van der Waals surface area contributed by atoms with Gasteiger partial charge in [0.05, 0.1) is 34.7 Å². The molecule has 0 radical (unpaired) electrons. The lowest BCUT2D eigenvalue weighted by atomic mass is 9.68. The summed E-state index contributed by atoms with van der Waals surface area (Å²) in [7, 11) is 0. The van der Waals surface area contributed by atoms with Gasteiger partial charge in [-0.3, -0.25) is 19.3 Å². The second-order valence-corrected chi connectivity index (χ2v) is 8.40. The van der Waals surface area contributed by atoms with Crippen LogP contribution < -0.4 is 0 Å². The van der Waals surface area contributed by atoms with E-state index in [0.717, 1.165) is 10.5 Å². The molecule has 7 heteroatoms. The van der Waals surface area contributed by atoms with Crippen LogP contribution >= 0.6 is 0 Å². The highest BCUT2D eigenvalue weighted by Gasteiger charge is 2.46. The van der Waals surface area contributed by atoms with Crippen LogP contribution in [0.5, 0.6) is 0 Å². The average molecular weight is 437 g/mol. The molecule has 0 saturated carbocycles. The van der Waals surface area contributed by atoms with Crippen molar-refractivity contribution in [3.8, 4) is 0 Å². The Labute approximate surface area is 187 Å². The summed E-state index contributed by atoms with van der Waals surface area (Å²) in [5.41, 5.74) is 2.68. The van der Waals surface area contributed by atoms with E-state index in [1.54, 1.807) is 6.07 Å². The van der Waals surface area contributed by atoms with Gasteiger partial charge in [-0.05, 0) is 28.8 Å². The molecule has 2 amide bonds. The van der Waals surface area contributed by atoms with E-state index in [0.29, 0.717) is 11.1 Å². The molecule has 0 N–H and O–H groups in total. The Balaban J connectivity index is 1.43. The van der Waals surface area contributed by atoms with Crippen molar-refractivity contribution >= 4 is 35.1 Å². The smallest absolute Gasteiger partial charge is 0.346 e. The standard InChI is InChI=1S/C26H15NO6/c1-12-14-7-18-19(24(30)27(23(18)29)11-13-5-3-2-4-6-13)9-16(14)22(28)17-10-21-20(8-15(12)17)25(31)33-26(21)32/h2-10,15,17H,1,11H2. The first-order valence-corrected chi connectivity index (χ1v) is 10.4. The van der Waals surface area contributed by atoms with Gasteiger partial charge in [0.2, 0.25) is 0 Å². The van der Waals surface area contributed by atoms with E-state index in [1.165, 1.54) is 18.2 Å². The first kappa shape index (κ1) is 19.3. The molecule has 1 fully saturated rings. The van der Waals surface area contributed by atoms with Crippen LogP contribution in [0, 0.1) is 11.8 Å². The minimum atomic E-state index is -0.778. The topological polar surface area (TPSA) is 97.8 Å². The summed E-state index contributed by atoms with van der Waals surface area (Å²) in [6, 6.07) is 12.2. The molecule has 2 aliphatic heterocycles. The summed E-state index contributed by atoms with van der Waals surface area (Å²) in [6.45, 7) is 4.24. The number of imide groups is 1. The number of ether oxygens (including phenoxy) is 1. The lowest BCUT2D eigenvalue weighted by molar-refractivity contribution is -0.149. The summed E-state index contributed by atoms with van der Waals surface area (Å²) in [5.74, 6) is -4.01. The van der Waals surface area contributed by atoms with Crippen LogP contribution in [0.25, 0.3) is 5.57 Å². The largest absolute Gasteiger partial charge is 0.386 e. The molecule has 2 unspecified atom stereocenters. The second kappa shape index (κ2) is 6.56. The van der Waals surface area contributed by atoms with Crippen LogP contribution in [0.2, 0.25) is 0 Å². The number of benzene rings is 2. The molecule has 33 heavy (non-hydrogen) atoms. The summed E-state index contributed by atoms with van der Waals surface area (Å²) in [6.07, 6.45) is 2.99. The SMILES string of the molecule is C=C1c2cc3c(cc2C(=O)C2C=C4C(=O)OC(=O)C4=CC12)C(=O)N(Cc1ccccc1)C3=O. The number of Topliss-reactive ketones (excluding diaryl/α,β-unsaturated/α-hetero) is 1. The van der Waals surface area contributed by atoms with Gasteiger partial charge in [-0.25, -0.2) is 9.59 Å². The lowest BCUT2D eigenvalue weighted by Gasteiger charge is -2.33. The number of fused-ring (bicyclic) bond motifs is 4. The van der Waals surface area contributed by atoms with Crippen molar-refractivity contribution in [3.63, 3.8) is 0 Å². The average Bonchev–Trinajstić information content (AvgIpc) is 3.23. The van der Waals surface area contributed by atoms with Gasteiger partial charge < -0.3 is 4.74 Å². The maximum Gasteiger partial charge on any atom is 0.346 e. The first-order valence-electron chi connectivity index (χ1n) is 10.4. The summed E-state index contributed by atoms with van der Waals surface area (Å²) < 4.78 is 4.67. The predicted octanol–water partition coefficient (Wildman–Crippen LogP) is 2.87. The molecule has 4 aliphatic rings. The van der Waals surface area contributed by atoms with E-state index in [9.17, 15) is 24.0 Å². The quantitative estimate of drug-likeness (QED) is 0.407. The van der Waals surface area contributed by atoms with Crippen molar-refractivity contribution in [3.05, 3.63) is 100 Å². The number of allylic oxidation sites excluding steroid dienone is 3. The summed E-state index contributed by atoms with van der Waals surface area (Å²) in [5, 5.41) is 0. The van der Waals surface area contributed by atoms with Gasteiger partial charge in [-0.15, -0.1) is 0 Å². The molecule has 7 nitrogen and oxygen atoms in total. The Hall–Kier alpha value is -4.39. The van der Waals surface area contributed by atoms with E-state index in [4.69, 9.17) is 0 Å². The van der Waals surface area contributed by atoms with E-state index in [1.807, 2.05) is 30.3 Å². The molecule has 2 aromatic carbocycles. The number of cyclic esters (lactones) is 2. The van der Waals surface area contributed by atoms with E-state index >= 15 is 0 Å². The molecule has 2 aromatic rings. The number of ketones is 1. The number of carbonyl (C=O) groups excluding carboxylic acids is 5. The number of hydrogen-bond donors (Lipinski definition) is 0. The normalized spacial score (nSPS) is 23.0. The molecular weight excluding hydrogens is 422 g/mol. The maximum absolute atomic E-state index is 13.4. The van der Waals surface area contributed by atoms with Crippen LogP contribution in [0.3, 0.4) is 0 Å². The fourth-order valence-electron chi connectivity index (χ4n) is 4.93. The van der Waals surface area contributed by atoms with Gasteiger partial charge in [0.25, 0.3) is 11.8 Å². The number of nitrogens with zero attached hydrogens (tertiary/aromatic N) is 1. The van der Waals surface area contributed by atoms with Crippen molar-refractivity contribution in [2.24, 2.45) is 11.8 Å². The Kier molecular flexibility index (Phi) is 3.84. The molecule has 2 aliphatic carbocycles. The number of rotatable bonds is 2. The van der Waals surface area contributed by atoms with Gasteiger partial charge in [0.15, 0.2) is 5.78 Å². The molecule has 2 atom stereocenters. The summed E-state index contributed by atoms with van der Waals surface area (Å²) in [4.78, 5) is 64.6. The Morgan fingerprint density at radius 2 is 1.33 bits per heavy atom. The predicted molar refractivity (Wildman–Crippen MR) is 115 cm³/mol. The molecule has 0 spiro atoms. The molecule has 2 heterocycles. The molecule has 6 rings (SSSR count). The molecule has 160 valence electrons. The van der Waals surface area contributed by atoms with Crippen molar-refractivity contribution < 1.29 is 28.7 Å². The van der Waals surface area contributed by atoms with Crippen molar-refractivity contribution in [2.75, 3.05) is 0 Å². The monoisotopic (exact) mass is 437 g/mol. The number of carbonyl (C=O) groups is 5. The van der Waals surface area contributed by atoms with Crippen LogP contribution in [0.1, 0.15) is 42.2 Å². The zero-order valence-corrected chi connectivity index (χ0v) is 17.2. The number of esters is 2. The Morgan fingerprint density at radius 3 is 1.97 bits per heavy atom.